The van der Waals surface area contributed by atoms with Gasteiger partial charge in [-0.05, 0) is 53.8 Å². The highest BCUT2D eigenvalue weighted by molar-refractivity contribution is 7.92. The second-order valence-corrected chi connectivity index (χ2v) is 9.97. The summed E-state index contributed by atoms with van der Waals surface area (Å²) in [6.07, 6.45) is 0.221. The van der Waals surface area contributed by atoms with Gasteiger partial charge in [-0.1, -0.05) is 39.3 Å². The molecule has 2 unspecified atom stereocenters. The third-order valence-electron chi connectivity index (χ3n) is 6.30. The number of rotatable bonds is 5. The Kier molecular flexibility index (Phi) is 6.34. The minimum Gasteiger partial charge on any atom is -0.497 e. The maximum atomic E-state index is 14.0. The quantitative estimate of drug-likeness (QED) is 0.770. The number of aliphatic hydroxyl groups excluding tert-OH is 1. The van der Waals surface area contributed by atoms with E-state index in [-0.39, 0.29) is 10.8 Å². The summed E-state index contributed by atoms with van der Waals surface area (Å²) < 4.78 is 46.9. The van der Waals surface area contributed by atoms with Gasteiger partial charge in [0, 0.05) is 11.8 Å². The van der Waals surface area contributed by atoms with Crippen molar-refractivity contribution in [1.29, 1.82) is 0 Å². The van der Waals surface area contributed by atoms with Crippen molar-refractivity contribution >= 4 is 9.84 Å². The molecule has 1 heterocycles. The van der Waals surface area contributed by atoms with Crippen LogP contribution in [0, 0.1) is 17.7 Å². The summed E-state index contributed by atoms with van der Waals surface area (Å²) in [7, 11) is -2.20. The first-order valence-electron chi connectivity index (χ1n) is 10.1. The van der Waals surface area contributed by atoms with E-state index in [0.29, 0.717) is 29.7 Å². The summed E-state index contributed by atoms with van der Waals surface area (Å²) in [6, 6.07) is 10.9. The van der Waals surface area contributed by atoms with Gasteiger partial charge in [-0.15, -0.1) is 0 Å². The zero-order chi connectivity index (χ0) is 21.3. The molecule has 1 aliphatic rings. The Morgan fingerprint density at radius 2 is 1.90 bits per heavy atom. The summed E-state index contributed by atoms with van der Waals surface area (Å²) in [4.78, 5) is 0.202. The summed E-state index contributed by atoms with van der Waals surface area (Å²) in [5.41, 5.74) is 1.03. The van der Waals surface area contributed by atoms with Crippen LogP contribution in [0.3, 0.4) is 0 Å². The Hall–Kier alpha value is -1.92. The lowest BCUT2D eigenvalue weighted by molar-refractivity contribution is 0.0794. The Balaban J connectivity index is 2.35. The average molecular weight is 421 g/mol. The van der Waals surface area contributed by atoms with Gasteiger partial charge in [-0.3, -0.25) is 0 Å². The van der Waals surface area contributed by atoms with Gasteiger partial charge in [-0.25, -0.2) is 12.8 Å². The average Bonchev–Trinajstić information content (AvgIpc) is 2.77. The van der Waals surface area contributed by atoms with E-state index in [0.717, 1.165) is 0 Å². The van der Waals surface area contributed by atoms with Crippen LogP contribution < -0.4 is 4.74 Å². The maximum absolute atomic E-state index is 14.0. The summed E-state index contributed by atoms with van der Waals surface area (Å²) >= 11 is 0. The van der Waals surface area contributed by atoms with Gasteiger partial charge in [0.15, 0.2) is 9.84 Å². The van der Waals surface area contributed by atoms with Crippen molar-refractivity contribution in [2.45, 2.75) is 55.8 Å². The van der Waals surface area contributed by atoms with Crippen molar-refractivity contribution in [3.8, 4) is 5.75 Å². The normalized spacial score (nSPS) is 27.0. The maximum Gasteiger partial charge on any atom is 0.182 e. The van der Waals surface area contributed by atoms with Crippen LogP contribution in [0.15, 0.2) is 47.4 Å². The molecule has 0 amide bonds. The lowest BCUT2D eigenvalue weighted by Crippen LogP contribution is -2.41. The van der Waals surface area contributed by atoms with Crippen LogP contribution in [0.2, 0.25) is 0 Å². The van der Waals surface area contributed by atoms with Crippen LogP contribution in [0.25, 0.3) is 0 Å². The molecule has 0 aromatic heterocycles. The second-order valence-electron chi connectivity index (χ2n) is 7.89. The largest absolute Gasteiger partial charge is 0.497 e. The lowest BCUT2D eigenvalue weighted by Gasteiger charge is -2.33. The number of aliphatic hydroxyl groups is 1. The number of hydrogen-bond acceptors (Lipinski definition) is 4. The zero-order valence-corrected chi connectivity index (χ0v) is 18.1. The van der Waals surface area contributed by atoms with Gasteiger partial charge < -0.3 is 9.84 Å². The van der Waals surface area contributed by atoms with Crippen molar-refractivity contribution in [3.63, 3.8) is 0 Å². The van der Waals surface area contributed by atoms with Gasteiger partial charge in [0.05, 0.1) is 23.4 Å². The molecule has 3 rings (SSSR count). The van der Waals surface area contributed by atoms with Crippen molar-refractivity contribution < 1.29 is 22.7 Å². The van der Waals surface area contributed by atoms with E-state index in [9.17, 15) is 17.9 Å². The molecule has 158 valence electrons. The predicted octanol–water partition coefficient (Wildman–Crippen LogP) is 4.56. The molecule has 0 fully saturated rings. The molecule has 0 saturated carbocycles. The molecule has 1 aliphatic heterocycles. The SMILES string of the molecule is CCC(C)C1[C@H](CC)[C@H](O)[C@H](c2cccc(F)c2)c2cc(OC)ccc2S1(=O)=O. The zero-order valence-electron chi connectivity index (χ0n) is 17.3. The Labute approximate surface area is 172 Å². The standard InChI is InChI=1S/C23H29FO4S/c1-5-14(3)23-18(6-2)22(25)21(15-8-7-9-16(24)12-15)19-13-17(28-4)10-11-20(19)29(23,26)27/h7-14,18,21-23,25H,5-6H2,1-4H3/t14?,18-,21-,22+,23?/m1/s1. The highest BCUT2D eigenvalue weighted by Gasteiger charge is 2.48. The van der Waals surface area contributed by atoms with E-state index >= 15 is 0 Å². The third kappa shape index (κ3) is 3.80. The molecule has 0 spiro atoms. The molecule has 6 heteroatoms. The lowest BCUT2D eigenvalue weighted by atomic mass is 9.77. The van der Waals surface area contributed by atoms with Crippen LogP contribution in [0.5, 0.6) is 5.75 Å². The molecular weight excluding hydrogens is 391 g/mol. The monoisotopic (exact) mass is 420 g/mol. The van der Waals surface area contributed by atoms with Crippen LogP contribution in [0.4, 0.5) is 4.39 Å². The predicted molar refractivity (Wildman–Crippen MR) is 111 cm³/mol. The van der Waals surface area contributed by atoms with E-state index in [2.05, 4.69) is 0 Å². The minimum absolute atomic E-state index is 0.124. The number of sulfone groups is 1. The molecule has 4 nitrogen and oxygen atoms in total. The molecule has 1 N–H and O–H groups in total. The molecular formula is C23H29FO4S. The van der Waals surface area contributed by atoms with Crippen molar-refractivity contribution in [2.24, 2.45) is 11.8 Å². The number of fused-ring (bicyclic) bond motifs is 1. The van der Waals surface area contributed by atoms with E-state index in [1.165, 1.54) is 19.2 Å². The summed E-state index contributed by atoms with van der Waals surface area (Å²) in [5.74, 6) is -1.17. The number of ether oxygens (including phenoxy) is 1. The molecule has 29 heavy (non-hydrogen) atoms. The Morgan fingerprint density at radius 3 is 2.48 bits per heavy atom. The summed E-state index contributed by atoms with van der Waals surface area (Å²) in [5, 5.41) is 10.8. The smallest absolute Gasteiger partial charge is 0.182 e. The van der Waals surface area contributed by atoms with Gasteiger partial charge in [0.2, 0.25) is 0 Å². The number of methoxy groups -OCH3 is 1. The first-order valence-corrected chi connectivity index (χ1v) is 11.7. The van der Waals surface area contributed by atoms with Crippen molar-refractivity contribution in [1.82, 2.24) is 0 Å². The number of hydrogen-bond donors (Lipinski definition) is 1. The Morgan fingerprint density at radius 1 is 1.17 bits per heavy atom. The highest BCUT2D eigenvalue weighted by Crippen LogP contribution is 2.46. The van der Waals surface area contributed by atoms with Crippen LogP contribution in [-0.2, 0) is 9.84 Å². The van der Waals surface area contributed by atoms with E-state index in [1.54, 1.807) is 30.3 Å². The van der Waals surface area contributed by atoms with Crippen LogP contribution in [0.1, 0.15) is 50.7 Å². The number of benzene rings is 2. The molecule has 0 saturated heterocycles. The van der Waals surface area contributed by atoms with Crippen LogP contribution in [-0.4, -0.2) is 32.0 Å². The van der Waals surface area contributed by atoms with Crippen molar-refractivity contribution in [3.05, 3.63) is 59.4 Å². The molecule has 2 aromatic carbocycles. The van der Waals surface area contributed by atoms with E-state index < -0.39 is 38.8 Å². The first-order chi connectivity index (χ1) is 13.8. The highest BCUT2D eigenvalue weighted by atomic mass is 32.2. The molecule has 2 aromatic rings. The van der Waals surface area contributed by atoms with E-state index in [1.807, 2.05) is 20.8 Å². The minimum atomic E-state index is -3.71. The number of halogens is 1. The summed E-state index contributed by atoms with van der Waals surface area (Å²) in [6.45, 7) is 5.78. The fourth-order valence-electron chi connectivity index (χ4n) is 4.67. The van der Waals surface area contributed by atoms with Crippen molar-refractivity contribution in [2.75, 3.05) is 7.11 Å². The second kappa shape index (κ2) is 8.44. The Bertz CT molecular complexity index is 973. The molecule has 0 radical (unpaired) electrons. The molecule has 0 bridgehead atoms. The van der Waals surface area contributed by atoms with E-state index in [4.69, 9.17) is 4.74 Å². The first kappa shape index (κ1) is 21.8. The topological polar surface area (TPSA) is 63.6 Å². The van der Waals surface area contributed by atoms with Gasteiger partial charge in [0.25, 0.3) is 0 Å². The van der Waals surface area contributed by atoms with Gasteiger partial charge in [0.1, 0.15) is 11.6 Å². The third-order valence-corrected chi connectivity index (χ3v) is 8.82. The van der Waals surface area contributed by atoms with Crippen LogP contribution >= 0.6 is 0 Å². The fraction of sp³-hybridized carbons (Fsp3) is 0.478. The molecule has 5 atom stereocenters. The van der Waals surface area contributed by atoms with Gasteiger partial charge in [-0.2, -0.15) is 0 Å². The molecule has 0 aliphatic carbocycles. The fourth-order valence-corrected chi connectivity index (χ4v) is 7.35. The van der Waals surface area contributed by atoms with Gasteiger partial charge >= 0.3 is 0 Å².